The zero-order valence-electron chi connectivity index (χ0n) is 16.4. The minimum Gasteiger partial charge on any atom is -0.493 e. The third-order valence-corrected chi connectivity index (χ3v) is 6.43. The highest BCUT2D eigenvalue weighted by molar-refractivity contribution is 7.14. The molecule has 1 fully saturated rings. The predicted octanol–water partition coefficient (Wildman–Crippen LogP) is 3.30. The third-order valence-electron chi connectivity index (χ3n) is 5.67. The van der Waals surface area contributed by atoms with E-state index in [0.29, 0.717) is 11.7 Å². The van der Waals surface area contributed by atoms with E-state index in [2.05, 4.69) is 21.4 Å². The lowest BCUT2D eigenvalue weighted by Gasteiger charge is -2.24. The minimum atomic E-state index is -0.490. The van der Waals surface area contributed by atoms with Gasteiger partial charge < -0.3 is 15.0 Å². The highest BCUT2D eigenvalue weighted by atomic mass is 32.1. The van der Waals surface area contributed by atoms with Crippen LogP contribution in [0.1, 0.15) is 23.6 Å². The molecule has 1 saturated heterocycles. The van der Waals surface area contributed by atoms with Crippen LogP contribution in [0, 0.1) is 5.92 Å². The molecule has 2 aromatic heterocycles. The molecule has 8 heteroatoms. The molecule has 7 nitrogen and oxygen atoms in total. The normalized spacial score (nSPS) is 20.2. The number of pyridine rings is 1. The molecule has 30 heavy (non-hydrogen) atoms. The highest BCUT2D eigenvalue weighted by Crippen LogP contribution is 2.38. The molecule has 1 N–H and O–H groups in total. The van der Waals surface area contributed by atoms with Crippen molar-refractivity contribution in [3.05, 3.63) is 59.2 Å². The number of rotatable bonds is 4. The summed E-state index contributed by atoms with van der Waals surface area (Å²) in [5.41, 5.74) is 3.84. The molecule has 2 unspecified atom stereocenters. The molecular formula is C22H20N4O3S. The fourth-order valence-electron chi connectivity index (χ4n) is 4.12. The van der Waals surface area contributed by atoms with Gasteiger partial charge in [0, 0.05) is 43.2 Å². The van der Waals surface area contributed by atoms with Crippen LogP contribution in [0.25, 0.3) is 11.3 Å². The molecular weight excluding hydrogens is 400 g/mol. The van der Waals surface area contributed by atoms with Crippen molar-refractivity contribution in [2.24, 2.45) is 5.92 Å². The van der Waals surface area contributed by atoms with Crippen LogP contribution in [0.4, 0.5) is 5.13 Å². The van der Waals surface area contributed by atoms with Crippen LogP contribution in [-0.4, -0.2) is 40.3 Å². The molecule has 0 aliphatic carbocycles. The van der Waals surface area contributed by atoms with Crippen LogP contribution in [0.5, 0.6) is 5.75 Å². The maximum absolute atomic E-state index is 13.0. The Morgan fingerprint density at radius 2 is 2.23 bits per heavy atom. The Hall–Kier alpha value is -3.26. The van der Waals surface area contributed by atoms with E-state index in [1.165, 1.54) is 16.9 Å². The van der Waals surface area contributed by atoms with Gasteiger partial charge in [0.1, 0.15) is 5.75 Å². The Kier molecular flexibility index (Phi) is 4.71. The smallest absolute Gasteiger partial charge is 0.232 e. The van der Waals surface area contributed by atoms with Gasteiger partial charge in [-0.25, -0.2) is 4.98 Å². The summed E-state index contributed by atoms with van der Waals surface area (Å²) in [6, 6.07) is 9.41. The maximum atomic E-state index is 13.0. The molecule has 0 saturated carbocycles. The second kappa shape index (κ2) is 7.53. The number of ether oxygens (including phenoxy) is 1. The number of thiazole rings is 1. The first-order valence-electron chi connectivity index (χ1n) is 9.78. The number of nitrogens with one attached hydrogen (secondary N) is 1. The Bertz CT molecular complexity index is 1110. The standard InChI is InChI=1S/C22H20N4O3S/c1-26-19(27)10-16(20(26)15-3-2-7-23-11-15)21(28)25-22-24-17(12-30-22)13-4-5-18-14(9-13)6-8-29-18/h2-5,7,9,11-12,16,20H,6,8,10H2,1H3,(H,24,25,28). The van der Waals surface area contributed by atoms with E-state index < -0.39 is 5.92 Å². The second-order valence-corrected chi connectivity index (χ2v) is 8.35. The quantitative estimate of drug-likeness (QED) is 0.700. The summed E-state index contributed by atoms with van der Waals surface area (Å²) >= 11 is 1.38. The highest BCUT2D eigenvalue weighted by Gasteiger charge is 2.43. The average Bonchev–Trinajstić information content (AvgIpc) is 3.48. The van der Waals surface area contributed by atoms with Gasteiger partial charge in [-0.3, -0.25) is 14.6 Å². The van der Waals surface area contributed by atoms with Gasteiger partial charge in [0.05, 0.1) is 24.3 Å². The summed E-state index contributed by atoms with van der Waals surface area (Å²) in [5.74, 6) is 0.184. The summed E-state index contributed by atoms with van der Waals surface area (Å²) in [7, 11) is 1.73. The number of aromatic nitrogens is 2. The number of likely N-dealkylation sites (tertiary alicyclic amines) is 1. The van der Waals surface area contributed by atoms with E-state index in [9.17, 15) is 9.59 Å². The van der Waals surface area contributed by atoms with Crippen molar-refractivity contribution in [3.8, 4) is 17.0 Å². The zero-order valence-corrected chi connectivity index (χ0v) is 17.2. The lowest BCUT2D eigenvalue weighted by atomic mass is 9.94. The van der Waals surface area contributed by atoms with E-state index in [1.807, 2.05) is 29.6 Å². The van der Waals surface area contributed by atoms with Gasteiger partial charge in [0.2, 0.25) is 11.8 Å². The van der Waals surface area contributed by atoms with Gasteiger partial charge in [-0.15, -0.1) is 11.3 Å². The first kappa shape index (κ1) is 18.7. The molecule has 2 amide bonds. The molecule has 1 aromatic carbocycles. The molecule has 0 radical (unpaired) electrons. The molecule has 0 spiro atoms. The van der Waals surface area contributed by atoms with Crippen LogP contribution < -0.4 is 10.1 Å². The summed E-state index contributed by atoms with van der Waals surface area (Å²) in [6.07, 6.45) is 4.46. The fourth-order valence-corrected chi connectivity index (χ4v) is 4.84. The summed E-state index contributed by atoms with van der Waals surface area (Å²) in [4.78, 5) is 35.7. The van der Waals surface area contributed by atoms with Crippen molar-refractivity contribution in [3.63, 3.8) is 0 Å². The number of benzene rings is 1. The van der Waals surface area contributed by atoms with Crippen molar-refractivity contribution in [2.45, 2.75) is 18.9 Å². The van der Waals surface area contributed by atoms with Crippen LogP contribution in [-0.2, 0) is 16.0 Å². The van der Waals surface area contributed by atoms with Crippen LogP contribution in [0.15, 0.2) is 48.1 Å². The number of anilines is 1. The molecule has 0 bridgehead atoms. The van der Waals surface area contributed by atoms with Crippen molar-refractivity contribution < 1.29 is 14.3 Å². The fraction of sp³-hybridized carbons (Fsp3) is 0.273. The van der Waals surface area contributed by atoms with Crippen LogP contribution in [0.2, 0.25) is 0 Å². The summed E-state index contributed by atoms with van der Waals surface area (Å²) in [6.45, 7) is 0.712. The van der Waals surface area contributed by atoms with E-state index >= 15 is 0 Å². The Balaban J connectivity index is 1.35. The van der Waals surface area contributed by atoms with Crippen molar-refractivity contribution >= 4 is 28.3 Å². The lowest BCUT2D eigenvalue weighted by Crippen LogP contribution is -2.30. The predicted molar refractivity (Wildman–Crippen MR) is 113 cm³/mol. The first-order chi connectivity index (χ1) is 14.6. The van der Waals surface area contributed by atoms with E-state index in [-0.39, 0.29) is 24.3 Å². The van der Waals surface area contributed by atoms with Crippen molar-refractivity contribution in [2.75, 3.05) is 19.0 Å². The largest absolute Gasteiger partial charge is 0.493 e. The van der Waals surface area contributed by atoms with Crippen molar-refractivity contribution in [1.29, 1.82) is 0 Å². The Labute approximate surface area is 177 Å². The molecule has 5 rings (SSSR count). The number of nitrogens with zero attached hydrogens (tertiary/aromatic N) is 3. The maximum Gasteiger partial charge on any atom is 0.232 e. The van der Waals surface area contributed by atoms with Crippen LogP contribution >= 0.6 is 11.3 Å². The molecule has 2 atom stereocenters. The lowest BCUT2D eigenvalue weighted by molar-refractivity contribution is -0.127. The Morgan fingerprint density at radius 3 is 3.07 bits per heavy atom. The second-order valence-electron chi connectivity index (χ2n) is 7.49. The van der Waals surface area contributed by atoms with Gasteiger partial charge in [0.25, 0.3) is 0 Å². The van der Waals surface area contributed by atoms with Gasteiger partial charge in [-0.2, -0.15) is 0 Å². The van der Waals surface area contributed by atoms with E-state index in [4.69, 9.17) is 4.74 Å². The third kappa shape index (κ3) is 3.33. The molecule has 4 heterocycles. The zero-order chi connectivity index (χ0) is 20.7. The Morgan fingerprint density at radius 1 is 1.33 bits per heavy atom. The summed E-state index contributed by atoms with van der Waals surface area (Å²) in [5, 5.41) is 5.37. The van der Waals surface area contributed by atoms with E-state index in [1.54, 1.807) is 24.3 Å². The number of amides is 2. The number of fused-ring (bicyclic) bond motifs is 1. The van der Waals surface area contributed by atoms with E-state index in [0.717, 1.165) is 29.0 Å². The monoisotopic (exact) mass is 420 g/mol. The van der Waals surface area contributed by atoms with Crippen LogP contribution in [0.3, 0.4) is 0 Å². The number of hydrogen-bond donors (Lipinski definition) is 1. The first-order valence-corrected chi connectivity index (χ1v) is 10.7. The molecule has 152 valence electrons. The number of hydrogen-bond acceptors (Lipinski definition) is 6. The van der Waals surface area contributed by atoms with Gasteiger partial charge in [0.15, 0.2) is 5.13 Å². The SMILES string of the molecule is CN1C(=O)CC(C(=O)Nc2nc(-c3ccc4c(c3)CCO4)cs2)C1c1cccnc1. The van der Waals surface area contributed by atoms with Crippen molar-refractivity contribution in [1.82, 2.24) is 14.9 Å². The number of carbonyl (C=O) groups excluding carboxylic acids is 2. The van der Waals surface area contributed by atoms with Gasteiger partial charge >= 0.3 is 0 Å². The molecule has 3 aromatic rings. The molecule has 2 aliphatic rings. The van der Waals surface area contributed by atoms with Gasteiger partial charge in [-0.1, -0.05) is 6.07 Å². The van der Waals surface area contributed by atoms with Gasteiger partial charge in [-0.05, 0) is 35.4 Å². The molecule has 2 aliphatic heterocycles. The minimum absolute atomic E-state index is 0.0517. The topological polar surface area (TPSA) is 84.4 Å². The summed E-state index contributed by atoms with van der Waals surface area (Å²) < 4.78 is 5.56. The average molecular weight is 420 g/mol. The number of carbonyl (C=O) groups is 2.